The van der Waals surface area contributed by atoms with Crippen LogP contribution in [0.5, 0.6) is 0 Å². The highest BCUT2D eigenvalue weighted by molar-refractivity contribution is 5.97. The van der Waals surface area contributed by atoms with Crippen LogP contribution in [0.25, 0.3) is 0 Å². The average Bonchev–Trinajstić information content (AvgIpc) is 2.48. The van der Waals surface area contributed by atoms with Gasteiger partial charge < -0.3 is 10.2 Å². The molecule has 2 rings (SSSR count). The first-order valence-corrected chi connectivity index (χ1v) is 8.58. The fourth-order valence-corrected chi connectivity index (χ4v) is 3.92. The minimum atomic E-state index is -0.343. The van der Waals surface area contributed by atoms with Gasteiger partial charge in [-0.2, -0.15) is 0 Å². The minimum Gasteiger partial charge on any atom is -0.342 e. The lowest BCUT2D eigenvalue weighted by atomic mass is 9.79. The normalized spacial score (nSPS) is 31.0. The zero-order chi connectivity index (χ0) is 15.6. The van der Waals surface area contributed by atoms with E-state index in [0.29, 0.717) is 6.42 Å². The lowest BCUT2D eigenvalue weighted by Crippen LogP contribution is -2.70. The molecule has 3 unspecified atom stereocenters. The Kier molecular flexibility index (Phi) is 4.95. The van der Waals surface area contributed by atoms with Crippen molar-refractivity contribution in [3.05, 3.63) is 0 Å². The van der Waals surface area contributed by atoms with Crippen LogP contribution in [-0.2, 0) is 9.59 Å². The van der Waals surface area contributed by atoms with E-state index >= 15 is 0 Å². The molecule has 0 bridgehead atoms. The summed E-state index contributed by atoms with van der Waals surface area (Å²) in [5.41, 5.74) is -0.139. The van der Waals surface area contributed by atoms with Crippen molar-refractivity contribution in [2.24, 2.45) is 5.92 Å². The Labute approximate surface area is 128 Å². The second kappa shape index (κ2) is 6.37. The predicted molar refractivity (Wildman–Crippen MR) is 83.8 cm³/mol. The molecule has 1 saturated heterocycles. The summed E-state index contributed by atoms with van der Waals surface area (Å²) in [5.74, 6) is 0.364. The molecule has 0 aromatic carbocycles. The van der Waals surface area contributed by atoms with Crippen LogP contribution < -0.4 is 5.32 Å². The molecule has 4 heteroatoms. The van der Waals surface area contributed by atoms with Crippen molar-refractivity contribution >= 4 is 11.8 Å². The maximum absolute atomic E-state index is 13.1. The van der Waals surface area contributed by atoms with Crippen LogP contribution in [0, 0.1) is 5.92 Å². The minimum absolute atomic E-state index is 0.0363. The van der Waals surface area contributed by atoms with Crippen LogP contribution in [0.3, 0.4) is 0 Å². The van der Waals surface area contributed by atoms with E-state index in [1.54, 1.807) is 0 Å². The molecule has 2 fully saturated rings. The first kappa shape index (κ1) is 16.3. The number of carbonyl (C=O) groups is 2. The standard InChI is InChI=1S/C17H30N2O2/c1-5-12(3)14-16(21)19(13(6-2)15(20)18-14)17(4)10-8-7-9-11-17/h12-14H,5-11H2,1-4H3,(H,18,20). The van der Waals surface area contributed by atoms with Crippen molar-refractivity contribution in [3.63, 3.8) is 0 Å². The molecule has 2 aliphatic rings. The van der Waals surface area contributed by atoms with Crippen molar-refractivity contribution in [3.8, 4) is 0 Å². The summed E-state index contributed by atoms with van der Waals surface area (Å²) in [6.45, 7) is 8.30. The maximum atomic E-state index is 13.1. The van der Waals surface area contributed by atoms with Crippen LogP contribution in [0.2, 0.25) is 0 Å². The number of hydrogen-bond acceptors (Lipinski definition) is 2. The molecule has 4 nitrogen and oxygen atoms in total. The Hall–Kier alpha value is -1.06. The number of hydrogen-bond donors (Lipinski definition) is 1. The quantitative estimate of drug-likeness (QED) is 0.866. The van der Waals surface area contributed by atoms with Crippen LogP contribution in [-0.4, -0.2) is 34.3 Å². The fourth-order valence-electron chi connectivity index (χ4n) is 3.92. The van der Waals surface area contributed by atoms with Gasteiger partial charge in [-0.15, -0.1) is 0 Å². The Morgan fingerprint density at radius 1 is 1.24 bits per heavy atom. The predicted octanol–water partition coefficient (Wildman–Crippen LogP) is 2.86. The van der Waals surface area contributed by atoms with Crippen LogP contribution in [0.15, 0.2) is 0 Å². The van der Waals surface area contributed by atoms with Gasteiger partial charge in [0.25, 0.3) is 0 Å². The zero-order valence-electron chi connectivity index (χ0n) is 13.9. The highest BCUT2D eigenvalue weighted by Gasteiger charge is 2.49. The first-order chi connectivity index (χ1) is 9.94. The Balaban J connectivity index is 2.32. The molecule has 1 aliphatic carbocycles. The molecule has 0 radical (unpaired) electrons. The number of nitrogens with zero attached hydrogens (tertiary/aromatic N) is 1. The van der Waals surface area contributed by atoms with Gasteiger partial charge in [-0.25, -0.2) is 0 Å². The van der Waals surface area contributed by atoms with Crippen molar-refractivity contribution in [1.82, 2.24) is 10.2 Å². The first-order valence-electron chi connectivity index (χ1n) is 8.58. The maximum Gasteiger partial charge on any atom is 0.246 e. The third-order valence-electron chi connectivity index (χ3n) is 5.53. The van der Waals surface area contributed by atoms with Crippen molar-refractivity contribution in [2.45, 2.75) is 90.3 Å². The lowest BCUT2D eigenvalue weighted by molar-refractivity contribution is -0.160. The molecule has 3 atom stereocenters. The molecule has 120 valence electrons. The highest BCUT2D eigenvalue weighted by Crippen LogP contribution is 2.37. The Morgan fingerprint density at radius 2 is 1.86 bits per heavy atom. The molecule has 1 aliphatic heterocycles. The number of piperazine rings is 1. The van der Waals surface area contributed by atoms with E-state index < -0.39 is 0 Å². The summed E-state index contributed by atoms with van der Waals surface area (Å²) in [4.78, 5) is 27.5. The number of rotatable bonds is 4. The van der Waals surface area contributed by atoms with E-state index in [0.717, 1.165) is 32.1 Å². The third kappa shape index (κ3) is 2.95. The van der Waals surface area contributed by atoms with Gasteiger partial charge in [0.05, 0.1) is 0 Å². The van der Waals surface area contributed by atoms with E-state index in [1.165, 1.54) is 6.42 Å². The summed E-state index contributed by atoms with van der Waals surface area (Å²) in [6.07, 6.45) is 7.21. The molecule has 1 heterocycles. The summed E-state index contributed by atoms with van der Waals surface area (Å²) < 4.78 is 0. The zero-order valence-corrected chi connectivity index (χ0v) is 13.9. The molecular formula is C17H30N2O2. The van der Waals surface area contributed by atoms with Crippen LogP contribution in [0.4, 0.5) is 0 Å². The molecule has 0 aromatic rings. The molecule has 0 spiro atoms. The second-order valence-corrected chi connectivity index (χ2v) is 7.06. The summed E-state index contributed by atoms with van der Waals surface area (Å²) in [6, 6.07) is -0.634. The highest BCUT2D eigenvalue weighted by atomic mass is 16.2. The number of nitrogens with one attached hydrogen (secondary N) is 1. The molecule has 1 saturated carbocycles. The van der Waals surface area contributed by atoms with Crippen molar-refractivity contribution < 1.29 is 9.59 Å². The largest absolute Gasteiger partial charge is 0.342 e. The molecule has 1 N–H and O–H groups in total. The Bertz CT molecular complexity index is 402. The number of amides is 2. The van der Waals surface area contributed by atoms with Gasteiger partial charge in [-0.05, 0) is 32.1 Å². The topological polar surface area (TPSA) is 49.4 Å². The van der Waals surface area contributed by atoms with E-state index in [-0.39, 0.29) is 35.4 Å². The van der Waals surface area contributed by atoms with E-state index in [9.17, 15) is 9.59 Å². The van der Waals surface area contributed by atoms with Gasteiger partial charge in [-0.3, -0.25) is 9.59 Å². The fraction of sp³-hybridized carbons (Fsp3) is 0.882. The van der Waals surface area contributed by atoms with E-state index in [4.69, 9.17) is 0 Å². The lowest BCUT2D eigenvalue weighted by Gasteiger charge is -2.51. The van der Waals surface area contributed by atoms with Crippen LogP contribution >= 0.6 is 0 Å². The van der Waals surface area contributed by atoms with Gasteiger partial charge in [0.1, 0.15) is 12.1 Å². The van der Waals surface area contributed by atoms with Gasteiger partial charge in [0.2, 0.25) is 11.8 Å². The van der Waals surface area contributed by atoms with Gasteiger partial charge in [-0.1, -0.05) is 46.5 Å². The summed E-state index contributed by atoms with van der Waals surface area (Å²) >= 11 is 0. The van der Waals surface area contributed by atoms with E-state index in [2.05, 4.69) is 26.1 Å². The number of carbonyl (C=O) groups excluding carboxylic acids is 2. The van der Waals surface area contributed by atoms with Gasteiger partial charge >= 0.3 is 0 Å². The Morgan fingerprint density at radius 3 is 2.38 bits per heavy atom. The second-order valence-electron chi connectivity index (χ2n) is 7.06. The molecule has 2 amide bonds. The molecule has 21 heavy (non-hydrogen) atoms. The van der Waals surface area contributed by atoms with Gasteiger partial charge in [0, 0.05) is 5.54 Å². The molecule has 0 aromatic heterocycles. The average molecular weight is 294 g/mol. The van der Waals surface area contributed by atoms with Gasteiger partial charge in [0.15, 0.2) is 0 Å². The van der Waals surface area contributed by atoms with E-state index in [1.807, 2.05) is 11.8 Å². The SMILES string of the molecule is CCC(C)C1NC(=O)C(CC)N(C2(C)CCCCC2)C1=O. The van der Waals surface area contributed by atoms with Crippen molar-refractivity contribution in [2.75, 3.05) is 0 Å². The van der Waals surface area contributed by atoms with Crippen LogP contribution in [0.1, 0.15) is 72.6 Å². The van der Waals surface area contributed by atoms with Crippen molar-refractivity contribution in [1.29, 1.82) is 0 Å². The summed E-state index contributed by atoms with van der Waals surface area (Å²) in [7, 11) is 0. The molecular weight excluding hydrogens is 264 g/mol. The monoisotopic (exact) mass is 294 g/mol. The third-order valence-corrected chi connectivity index (χ3v) is 5.53. The summed E-state index contributed by atoms with van der Waals surface area (Å²) in [5, 5.41) is 2.97. The smallest absolute Gasteiger partial charge is 0.246 e.